The van der Waals surface area contributed by atoms with Crippen LogP contribution in [0.1, 0.15) is 29.7 Å². The third kappa shape index (κ3) is 5.42. The van der Waals surface area contributed by atoms with E-state index in [1.54, 1.807) is 12.1 Å². The Labute approximate surface area is 155 Å². The highest BCUT2D eigenvalue weighted by molar-refractivity contribution is 5.26. The normalized spacial score (nSPS) is 16.1. The average molecular weight is 354 g/mol. The number of rotatable bonds is 7. The topological polar surface area (TPSA) is 46.1 Å². The van der Waals surface area contributed by atoms with Crippen LogP contribution in [0.3, 0.4) is 0 Å². The van der Waals surface area contributed by atoms with E-state index in [0.717, 1.165) is 56.2 Å². The van der Waals surface area contributed by atoms with Gasteiger partial charge in [0.1, 0.15) is 17.6 Å². The van der Waals surface area contributed by atoms with E-state index in [9.17, 15) is 4.39 Å². The van der Waals surface area contributed by atoms with Crippen LogP contribution in [-0.4, -0.2) is 48.0 Å². The maximum absolute atomic E-state index is 13.2. The van der Waals surface area contributed by atoms with Gasteiger partial charge in [-0.15, -0.1) is 0 Å². The lowest BCUT2D eigenvalue weighted by molar-refractivity contribution is 0.153. The van der Waals surface area contributed by atoms with Crippen LogP contribution in [0, 0.1) is 23.1 Å². The SMILES string of the molecule is CN(Cc1c[nH]c(C#N)c1)CC1CCN(CCc2cccc(F)c2)CC1. The van der Waals surface area contributed by atoms with Gasteiger partial charge in [-0.3, -0.25) is 0 Å². The molecule has 4 nitrogen and oxygen atoms in total. The molecule has 0 unspecified atom stereocenters. The van der Waals surface area contributed by atoms with Gasteiger partial charge < -0.3 is 14.8 Å². The number of halogens is 1. The average Bonchev–Trinajstić information content (AvgIpc) is 3.08. The minimum Gasteiger partial charge on any atom is -0.353 e. The predicted molar refractivity (Wildman–Crippen MR) is 101 cm³/mol. The van der Waals surface area contributed by atoms with Crippen molar-refractivity contribution in [2.24, 2.45) is 5.92 Å². The first-order chi connectivity index (χ1) is 12.6. The van der Waals surface area contributed by atoms with Crippen LogP contribution in [0.4, 0.5) is 4.39 Å². The van der Waals surface area contributed by atoms with Crippen LogP contribution >= 0.6 is 0 Å². The zero-order valence-corrected chi connectivity index (χ0v) is 15.4. The van der Waals surface area contributed by atoms with Gasteiger partial charge in [0.2, 0.25) is 0 Å². The molecule has 1 saturated heterocycles. The summed E-state index contributed by atoms with van der Waals surface area (Å²) in [6.07, 6.45) is 5.26. The van der Waals surface area contributed by atoms with Crippen LogP contribution in [0.2, 0.25) is 0 Å². The van der Waals surface area contributed by atoms with E-state index in [1.165, 1.54) is 18.9 Å². The van der Waals surface area contributed by atoms with Gasteiger partial charge in [-0.1, -0.05) is 12.1 Å². The van der Waals surface area contributed by atoms with E-state index in [2.05, 4.69) is 27.9 Å². The Kier molecular flexibility index (Phi) is 6.43. The number of hydrogen-bond donors (Lipinski definition) is 1. The summed E-state index contributed by atoms with van der Waals surface area (Å²) < 4.78 is 13.2. The number of H-pyrrole nitrogens is 1. The van der Waals surface area contributed by atoms with Crippen LogP contribution in [0.15, 0.2) is 36.5 Å². The van der Waals surface area contributed by atoms with Crippen molar-refractivity contribution in [3.8, 4) is 6.07 Å². The molecular weight excluding hydrogens is 327 g/mol. The maximum Gasteiger partial charge on any atom is 0.123 e. The summed E-state index contributed by atoms with van der Waals surface area (Å²) in [7, 11) is 2.15. The number of benzene rings is 1. The molecule has 1 aromatic heterocycles. The lowest BCUT2D eigenvalue weighted by Gasteiger charge is -2.33. The second kappa shape index (κ2) is 8.98. The summed E-state index contributed by atoms with van der Waals surface area (Å²) in [5.41, 5.74) is 2.87. The minimum absolute atomic E-state index is 0.145. The Bertz CT molecular complexity index is 740. The van der Waals surface area contributed by atoms with Crippen molar-refractivity contribution in [2.45, 2.75) is 25.8 Å². The smallest absolute Gasteiger partial charge is 0.123 e. The molecule has 0 aliphatic carbocycles. The zero-order valence-electron chi connectivity index (χ0n) is 15.4. The summed E-state index contributed by atoms with van der Waals surface area (Å²) >= 11 is 0. The van der Waals surface area contributed by atoms with Crippen LogP contribution in [-0.2, 0) is 13.0 Å². The number of likely N-dealkylation sites (tertiary alicyclic amines) is 1. The monoisotopic (exact) mass is 354 g/mol. The molecule has 1 aliphatic heterocycles. The number of nitriles is 1. The van der Waals surface area contributed by atoms with Crippen LogP contribution in [0.25, 0.3) is 0 Å². The summed E-state index contributed by atoms with van der Waals surface area (Å²) in [6.45, 7) is 5.21. The molecule has 26 heavy (non-hydrogen) atoms. The van der Waals surface area contributed by atoms with Crippen LogP contribution in [0.5, 0.6) is 0 Å². The van der Waals surface area contributed by atoms with E-state index >= 15 is 0 Å². The van der Waals surface area contributed by atoms with Crippen molar-refractivity contribution in [3.63, 3.8) is 0 Å². The first kappa shape index (κ1) is 18.6. The van der Waals surface area contributed by atoms with Crippen molar-refractivity contribution in [3.05, 3.63) is 59.2 Å². The fourth-order valence-corrected chi connectivity index (χ4v) is 3.78. The van der Waals surface area contributed by atoms with Gasteiger partial charge >= 0.3 is 0 Å². The molecule has 5 heteroatoms. The Hall–Kier alpha value is -2.16. The second-order valence-corrected chi connectivity index (χ2v) is 7.40. The highest BCUT2D eigenvalue weighted by Gasteiger charge is 2.20. The van der Waals surface area contributed by atoms with Crippen molar-refractivity contribution in [2.75, 3.05) is 33.2 Å². The fraction of sp³-hybridized carbons (Fsp3) is 0.476. The fourth-order valence-electron chi connectivity index (χ4n) is 3.78. The van der Waals surface area contributed by atoms with Crippen molar-refractivity contribution in [1.82, 2.24) is 14.8 Å². The molecule has 2 aromatic rings. The standard InChI is InChI=1S/C21H27FN4/c1-25(16-19-12-21(13-23)24-14-19)15-18-6-9-26(10-7-18)8-5-17-3-2-4-20(22)11-17/h2-4,11-12,14,18,24H,5-10,15-16H2,1H3. The molecule has 1 aliphatic rings. The second-order valence-electron chi connectivity index (χ2n) is 7.40. The summed E-state index contributed by atoms with van der Waals surface area (Å²) in [5, 5.41) is 8.88. The molecular formula is C21H27FN4. The number of hydrogen-bond acceptors (Lipinski definition) is 3. The molecule has 1 N–H and O–H groups in total. The van der Waals surface area contributed by atoms with Crippen molar-refractivity contribution < 1.29 is 4.39 Å². The molecule has 0 saturated carbocycles. The molecule has 0 radical (unpaired) electrons. The Morgan fingerprint density at radius 2 is 2.08 bits per heavy atom. The highest BCUT2D eigenvalue weighted by atomic mass is 19.1. The molecule has 138 valence electrons. The van der Waals surface area contributed by atoms with Gasteiger partial charge in [0, 0.05) is 25.8 Å². The van der Waals surface area contributed by atoms with Gasteiger partial charge in [-0.25, -0.2) is 4.39 Å². The van der Waals surface area contributed by atoms with E-state index in [4.69, 9.17) is 5.26 Å². The first-order valence-corrected chi connectivity index (χ1v) is 9.35. The predicted octanol–water partition coefficient (Wildman–Crippen LogP) is 3.41. The lowest BCUT2D eigenvalue weighted by Crippen LogP contribution is -2.38. The Morgan fingerprint density at radius 3 is 2.77 bits per heavy atom. The quantitative estimate of drug-likeness (QED) is 0.829. The summed E-state index contributed by atoms with van der Waals surface area (Å²) in [5.74, 6) is 0.577. The number of nitrogens with one attached hydrogen (secondary N) is 1. The zero-order chi connectivity index (χ0) is 18.4. The van der Waals surface area contributed by atoms with Gasteiger partial charge in [0.15, 0.2) is 0 Å². The van der Waals surface area contributed by atoms with E-state index in [0.29, 0.717) is 5.69 Å². The largest absolute Gasteiger partial charge is 0.353 e. The molecule has 0 spiro atoms. The van der Waals surface area contributed by atoms with Crippen LogP contribution < -0.4 is 0 Å². The molecule has 1 aromatic carbocycles. The number of aromatic nitrogens is 1. The van der Waals surface area contributed by atoms with Gasteiger partial charge in [-0.2, -0.15) is 5.26 Å². The Balaban J connectivity index is 1.37. The lowest BCUT2D eigenvalue weighted by atomic mass is 9.96. The van der Waals surface area contributed by atoms with Crippen molar-refractivity contribution >= 4 is 0 Å². The highest BCUT2D eigenvalue weighted by Crippen LogP contribution is 2.19. The van der Waals surface area contributed by atoms with E-state index in [-0.39, 0.29) is 5.82 Å². The molecule has 2 heterocycles. The third-order valence-electron chi connectivity index (χ3n) is 5.20. The molecule has 0 atom stereocenters. The van der Waals surface area contributed by atoms with Gasteiger partial charge in [0.25, 0.3) is 0 Å². The summed E-state index contributed by atoms with van der Waals surface area (Å²) in [4.78, 5) is 7.82. The van der Waals surface area contributed by atoms with Crippen molar-refractivity contribution in [1.29, 1.82) is 5.26 Å². The van der Waals surface area contributed by atoms with Gasteiger partial charge in [-0.05, 0) is 74.6 Å². The number of piperidine rings is 1. The number of aromatic amines is 1. The summed E-state index contributed by atoms with van der Waals surface area (Å²) in [6, 6.07) is 11.0. The molecule has 3 rings (SSSR count). The molecule has 0 amide bonds. The minimum atomic E-state index is -0.145. The van der Waals surface area contributed by atoms with Gasteiger partial charge in [0.05, 0.1) is 0 Å². The molecule has 0 bridgehead atoms. The first-order valence-electron chi connectivity index (χ1n) is 9.35. The van der Waals surface area contributed by atoms with E-state index in [1.807, 2.05) is 18.3 Å². The molecule has 1 fully saturated rings. The third-order valence-corrected chi connectivity index (χ3v) is 5.20. The number of nitrogens with zero attached hydrogens (tertiary/aromatic N) is 3. The maximum atomic E-state index is 13.2. The Morgan fingerprint density at radius 1 is 1.27 bits per heavy atom. The van der Waals surface area contributed by atoms with E-state index < -0.39 is 0 Å².